The molecule has 0 atom stereocenters. The second kappa shape index (κ2) is 7.20. The van der Waals surface area contributed by atoms with Gasteiger partial charge in [0, 0.05) is 24.0 Å². The van der Waals surface area contributed by atoms with Crippen LogP contribution in [0.3, 0.4) is 0 Å². The molecule has 0 amide bonds. The van der Waals surface area contributed by atoms with Crippen molar-refractivity contribution in [3.8, 4) is 20.9 Å². The van der Waals surface area contributed by atoms with Crippen LogP contribution >= 0.6 is 22.7 Å². The summed E-state index contributed by atoms with van der Waals surface area (Å²) in [5, 5.41) is 4.21. The number of hydrogen-bond acceptors (Lipinski definition) is 4. The highest BCUT2D eigenvalue weighted by molar-refractivity contribution is 7.13. The normalized spacial score (nSPS) is 11.0. The summed E-state index contributed by atoms with van der Waals surface area (Å²) >= 11 is 3.50. The van der Waals surface area contributed by atoms with Crippen LogP contribution in [0, 0.1) is 0 Å². The van der Waals surface area contributed by atoms with Gasteiger partial charge in [-0.3, -0.25) is 0 Å². The molecule has 3 aromatic rings. The summed E-state index contributed by atoms with van der Waals surface area (Å²) in [5.74, 6) is 0. The van der Waals surface area contributed by atoms with Gasteiger partial charge < -0.3 is 9.47 Å². The van der Waals surface area contributed by atoms with Gasteiger partial charge in [-0.2, -0.15) is 0 Å². The van der Waals surface area contributed by atoms with Crippen LogP contribution in [0.2, 0.25) is 0 Å². The molecule has 2 heterocycles. The number of methoxy groups -OCH3 is 2. The van der Waals surface area contributed by atoms with Gasteiger partial charge in [0.25, 0.3) is 0 Å². The zero-order valence-corrected chi connectivity index (χ0v) is 14.3. The molecule has 2 nitrogen and oxygen atoms in total. The molecule has 0 aliphatic heterocycles. The Balaban J connectivity index is 2.17. The van der Waals surface area contributed by atoms with Crippen LogP contribution in [0.25, 0.3) is 20.9 Å². The topological polar surface area (TPSA) is 18.5 Å². The molecule has 0 aliphatic rings. The van der Waals surface area contributed by atoms with Crippen LogP contribution in [0.15, 0.2) is 47.2 Å². The van der Waals surface area contributed by atoms with Crippen LogP contribution in [0.1, 0.15) is 11.1 Å². The number of benzene rings is 1. The molecule has 0 saturated heterocycles. The average Bonchev–Trinajstić information content (AvgIpc) is 3.22. The van der Waals surface area contributed by atoms with Gasteiger partial charge in [-0.15, -0.1) is 22.7 Å². The van der Waals surface area contributed by atoms with Crippen LogP contribution in [0.4, 0.5) is 0 Å². The Morgan fingerprint density at radius 2 is 1.23 bits per heavy atom. The molecule has 0 fully saturated rings. The van der Waals surface area contributed by atoms with Crippen molar-refractivity contribution in [2.45, 2.75) is 13.2 Å². The van der Waals surface area contributed by atoms with Gasteiger partial charge in [0.2, 0.25) is 0 Å². The van der Waals surface area contributed by atoms with Gasteiger partial charge in [0.1, 0.15) is 0 Å². The second-order valence-electron chi connectivity index (χ2n) is 4.99. The first-order chi connectivity index (χ1) is 10.8. The first-order valence-electron chi connectivity index (χ1n) is 7.05. The van der Waals surface area contributed by atoms with E-state index in [1.165, 1.54) is 32.0 Å². The molecule has 0 spiro atoms. The van der Waals surface area contributed by atoms with Gasteiger partial charge in [-0.25, -0.2) is 0 Å². The molecular weight excluding hydrogens is 312 g/mol. The first kappa shape index (κ1) is 15.4. The highest BCUT2D eigenvalue weighted by Gasteiger charge is 2.14. The Morgan fingerprint density at radius 3 is 1.55 bits per heavy atom. The van der Waals surface area contributed by atoms with E-state index in [1.54, 1.807) is 36.9 Å². The quantitative estimate of drug-likeness (QED) is 0.599. The monoisotopic (exact) mass is 330 g/mol. The maximum absolute atomic E-state index is 5.42. The Labute approximate surface area is 139 Å². The van der Waals surface area contributed by atoms with Gasteiger partial charge in [0.15, 0.2) is 0 Å². The zero-order chi connectivity index (χ0) is 15.4. The van der Waals surface area contributed by atoms with E-state index in [9.17, 15) is 0 Å². The molecular formula is C18H18O2S2. The lowest BCUT2D eigenvalue weighted by Gasteiger charge is -2.15. The molecule has 2 aromatic heterocycles. The molecule has 1 aromatic carbocycles. The molecule has 0 aliphatic carbocycles. The summed E-state index contributed by atoms with van der Waals surface area (Å²) in [5.41, 5.74) is 4.91. The summed E-state index contributed by atoms with van der Waals surface area (Å²) < 4.78 is 10.8. The van der Waals surface area contributed by atoms with Gasteiger partial charge in [-0.1, -0.05) is 12.1 Å². The molecule has 0 radical (unpaired) electrons. The summed E-state index contributed by atoms with van der Waals surface area (Å²) in [4.78, 5) is 2.53. The Morgan fingerprint density at radius 1 is 0.773 bits per heavy atom. The molecule has 4 heteroatoms. The standard InChI is InChI=1S/C18H18O2S2/c1-19-11-13-9-16(18-6-4-8-22-18)14(12-20-2)10-15(13)17-5-3-7-21-17/h3-10H,11-12H2,1-2H3. The third-order valence-corrected chi connectivity index (χ3v) is 5.31. The van der Waals surface area contributed by atoms with E-state index in [0.717, 1.165) is 0 Å². The van der Waals surface area contributed by atoms with Gasteiger partial charge >= 0.3 is 0 Å². The third-order valence-electron chi connectivity index (χ3n) is 3.50. The Bertz CT molecular complexity index is 652. The minimum absolute atomic E-state index is 0.610. The van der Waals surface area contributed by atoms with E-state index < -0.39 is 0 Å². The van der Waals surface area contributed by atoms with Gasteiger partial charge in [0.05, 0.1) is 13.2 Å². The van der Waals surface area contributed by atoms with Crippen LogP contribution in [-0.2, 0) is 22.7 Å². The average molecular weight is 330 g/mol. The summed E-state index contributed by atoms with van der Waals surface area (Å²) in [7, 11) is 3.48. The van der Waals surface area contributed by atoms with E-state index in [4.69, 9.17) is 9.47 Å². The van der Waals surface area contributed by atoms with Crippen molar-refractivity contribution in [1.29, 1.82) is 0 Å². The van der Waals surface area contributed by atoms with Crippen molar-refractivity contribution >= 4 is 22.7 Å². The van der Waals surface area contributed by atoms with Crippen molar-refractivity contribution < 1.29 is 9.47 Å². The summed E-state index contributed by atoms with van der Waals surface area (Å²) in [6, 6.07) is 13.0. The van der Waals surface area contributed by atoms with Crippen molar-refractivity contribution in [2.24, 2.45) is 0 Å². The van der Waals surface area contributed by atoms with E-state index in [-0.39, 0.29) is 0 Å². The lowest BCUT2D eigenvalue weighted by Crippen LogP contribution is -1.98. The van der Waals surface area contributed by atoms with Crippen molar-refractivity contribution in [3.05, 3.63) is 58.3 Å². The second-order valence-corrected chi connectivity index (χ2v) is 6.88. The number of thiophene rings is 2. The summed E-state index contributed by atoms with van der Waals surface area (Å²) in [6.07, 6.45) is 0. The molecule has 114 valence electrons. The van der Waals surface area contributed by atoms with E-state index in [0.29, 0.717) is 13.2 Å². The number of ether oxygens (including phenoxy) is 2. The number of hydrogen-bond donors (Lipinski definition) is 0. The zero-order valence-electron chi connectivity index (χ0n) is 12.7. The molecule has 0 N–H and O–H groups in total. The lowest BCUT2D eigenvalue weighted by molar-refractivity contribution is 0.183. The fourth-order valence-electron chi connectivity index (χ4n) is 2.56. The maximum Gasteiger partial charge on any atom is 0.0719 e. The summed E-state index contributed by atoms with van der Waals surface area (Å²) in [6.45, 7) is 1.22. The predicted molar refractivity (Wildman–Crippen MR) is 94.5 cm³/mol. The minimum Gasteiger partial charge on any atom is -0.380 e. The fraction of sp³-hybridized carbons (Fsp3) is 0.222. The predicted octanol–water partition coefficient (Wildman–Crippen LogP) is 5.44. The van der Waals surface area contributed by atoms with Crippen LogP contribution < -0.4 is 0 Å². The minimum atomic E-state index is 0.610. The number of rotatable bonds is 6. The van der Waals surface area contributed by atoms with Crippen molar-refractivity contribution in [1.82, 2.24) is 0 Å². The van der Waals surface area contributed by atoms with Crippen LogP contribution in [0.5, 0.6) is 0 Å². The van der Waals surface area contributed by atoms with Crippen molar-refractivity contribution in [2.75, 3.05) is 14.2 Å². The van der Waals surface area contributed by atoms with Crippen LogP contribution in [-0.4, -0.2) is 14.2 Å². The fourth-order valence-corrected chi connectivity index (χ4v) is 4.12. The first-order valence-corrected chi connectivity index (χ1v) is 8.81. The largest absolute Gasteiger partial charge is 0.380 e. The Hall–Kier alpha value is -1.46. The maximum atomic E-state index is 5.42. The molecule has 0 bridgehead atoms. The van der Waals surface area contributed by atoms with E-state index >= 15 is 0 Å². The molecule has 22 heavy (non-hydrogen) atoms. The highest BCUT2D eigenvalue weighted by Crippen LogP contribution is 2.36. The van der Waals surface area contributed by atoms with Gasteiger partial charge in [-0.05, 0) is 57.3 Å². The molecule has 3 rings (SSSR count). The molecule has 0 saturated carbocycles. The SMILES string of the molecule is COCc1cc(-c2cccs2)c(COC)cc1-c1cccs1. The van der Waals surface area contributed by atoms with E-state index in [1.807, 2.05) is 0 Å². The van der Waals surface area contributed by atoms with Crippen molar-refractivity contribution in [3.63, 3.8) is 0 Å². The Kier molecular flexibility index (Phi) is 5.05. The smallest absolute Gasteiger partial charge is 0.0719 e. The van der Waals surface area contributed by atoms with E-state index in [2.05, 4.69) is 47.2 Å². The third kappa shape index (κ3) is 3.15. The molecule has 0 unspecified atom stereocenters. The lowest BCUT2D eigenvalue weighted by atomic mass is 9.97. The highest BCUT2D eigenvalue weighted by atomic mass is 32.1.